The molecule has 8 heavy (non-hydrogen) atoms. The molecule has 4 nitrogen and oxygen atoms in total. The minimum Gasteiger partial charge on any atom is -0.463 e. The highest BCUT2D eigenvalue weighted by Gasteiger charge is 2.23. The van der Waals surface area contributed by atoms with Crippen LogP contribution < -0.4 is 0 Å². The van der Waals surface area contributed by atoms with Crippen LogP contribution in [0.15, 0.2) is 0 Å². The molecule has 0 amide bonds. The average Bonchev–Trinajstić information content (AvgIpc) is 2.14. The van der Waals surface area contributed by atoms with Crippen molar-refractivity contribution in [1.29, 1.82) is 0 Å². The molecule has 0 aromatic heterocycles. The summed E-state index contributed by atoms with van der Waals surface area (Å²) < 4.78 is 4.43. The fraction of sp³-hybridized carbons (Fsp3) is 0.750. The lowest BCUT2D eigenvalue weighted by molar-refractivity contribution is -0.276. The van der Waals surface area contributed by atoms with Crippen molar-refractivity contribution < 1.29 is 19.7 Å². The number of hydrogen-bond donors (Lipinski definition) is 1. The summed E-state index contributed by atoms with van der Waals surface area (Å²) in [5.74, 6) is -0.316. The molecule has 1 aliphatic heterocycles. The van der Waals surface area contributed by atoms with Crippen LogP contribution in [-0.4, -0.2) is 23.9 Å². The Morgan fingerprint density at radius 1 is 1.88 bits per heavy atom. The Morgan fingerprint density at radius 2 is 2.62 bits per heavy atom. The normalized spacial score (nSPS) is 28.1. The number of rotatable bonds is 1. The molecule has 0 radical (unpaired) electrons. The van der Waals surface area contributed by atoms with E-state index in [1.54, 1.807) is 0 Å². The lowest BCUT2D eigenvalue weighted by Gasteiger charge is -1.95. The van der Waals surface area contributed by atoms with Gasteiger partial charge in [0, 0.05) is 0 Å². The zero-order valence-electron chi connectivity index (χ0n) is 4.16. The standard InChI is InChI=1S/C4H6O4/c5-4-1-3(8-6)2-7-4/h3,6H,1-2H2. The molecule has 46 valence electrons. The van der Waals surface area contributed by atoms with Crippen LogP contribution in [0.5, 0.6) is 0 Å². The first-order valence-electron chi connectivity index (χ1n) is 2.29. The second kappa shape index (κ2) is 2.11. The minimum atomic E-state index is -0.442. The van der Waals surface area contributed by atoms with Crippen LogP contribution in [0.1, 0.15) is 6.42 Å². The number of carbonyl (C=O) groups is 1. The van der Waals surface area contributed by atoms with Crippen molar-refractivity contribution in [2.75, 3.05) is 6.61 Å². The van der Waals surface area contributed by atoms with Gasteiger partial charge in [0.1, 0.15) is 12.7 Å². The van der Waals surface area contributed by atoms with Gasteiger partial charge in [0.2, 0.25) is 0 Å². The summed E-state index contributed by atoms with van der Waals surface area (Å²) >= 11 is 0. The van der Waals surface area contributed by atoms with Gasteiger partial charge in [-0.2, -0.15) is 0 Å². The predicted octanol–water partition coefficient (Wildman–Crippen LogP) is -0.208. The van der Waals surface area contributed by atoms with E-state index >= 15 is 0 Å². The molecular weight excluding hydrogens is 112 g/mol. The molecule has 0 spiro atoms. The number of esters is 1. The van der Waals surface area contributed by atoms with E-state index in [1.807, 2.05) is 0 Å². The summed E-state index contributed by atoms with van der Waals surface area (Å²) in [4.78, 5) is 14.0. The molecule has 0 aromatic rings. The van der Waals surface area contributed by atoms with Gasteiger partial charge in [0.25, 0.3) is 0 Å². The van der Waals surface area contributed by atoms with Crippen molar-refractivity contribution in [3.8, 4) is 0 Å². The van der Waals surface area contributed by atoms with Gasteiger partial charge in [0.05, 0.1) is 6.42 Å². The third kappa shape index (κ3) is 0.962. The van der Waals surface area contributed by atoms with Gasteiger partial charge >= 0.3 is 5.97 Å². The summed E-state index contributed by atoms with van der Waals surface area (Å²) in [7, 11) is 0. The summed E-state index contributed by atoms with van der Waals surface area (Å²) in [5.41, 5.74) is 0. The SMILES string of the molecule is O=C1CC(OO)CO1. The topological polar surface area (TPSA) is 55.8 Å². The van der Waals surface area contributed by atoms with E-state index < -0.39 is 6.10 Å². The zero-order chi connectivity index (χ0) is 5.98. The van der Waals surface area contributed by atoms with Crippen molar-refractivity contribution in [1.82, 2.24) is 0 Å². The summed E-state index contributed by atoms with van der Waals surface area (Å²) in [6, 6.07) is 0. The number of carbonyl (C=O) groups excluding carboxylic acids is 1. The van der Waals surface area contributed by atoms with Gasteiger partial charge < -0.3 is 4.74 Å². The quantitative estimate of drug-likeness (QED) is 0.294. The maximum atomic E-state index is 10.2. The third-order valence-electron chi connectivity index (χ3n) is 0.974. The molecule has 1 saturated heterocycles. The summed E-state index contributed by atoms with van der Waals surface area (Å²) in [6.07, 6.45) is -0.279. The average molecular weight is 118 g/mol. The molecule has 1 aliphatic rings. The fourth-order valence-electron chi connectivity index (χ4n) is 0.557. The van der Waals surface area contributed by atoms with Gasteiger partial charge in [0.15, 0.2) is 0 Å². The molecule has 1 rings (SSSR count). The number of ether oxygens (including phenoxy) is 1. The Balaban J connectivity index is 2.32. The molecule has 0 bridgehead atoms. The Kier molecular flexibility index (Phi) is 1.45. The molecule has 4 heteroatoms. The van der Waals surface area contributed by atoms with Gasteiger partial charge in [-0.1, -0.05) is 0 Å². The molecule has 0 aromatic carbocycles. The molecule has 1 heterocycles. The van der Waals surface area contributed by atoms with Crippen LogP contribution in [0, 0.1) is 0 Å². The van der Waals surface area contributed by atoms with Crippen molar-refractivity contribution in [3.05, 3.63) is 0 Å². The Labute approximate surface area is 45.9 Å². The van der Waals surface area contributed by atoms with E-state index in [0.29, 0.717) is 0 Å². The van der Waals surface area contributed by atoms with Gasteiger partial charge in [-0.05, 0) is 0 Å². The highest BCUT2D eigenvalue weighted by molar-refractivity contribution is 5.71. The van der Waals surface area contributed by atoms with Crippen LogP contribution in [0.4, 0.5) is 0 Å². The van der Waals surface area contributed by atoms with Crippen LogP contribution >= 0.6 is 0 Å². The lowest BCUT2D eigenvalue weighted by atomic mass is 10.3. The first-order chi connectivity index (χ1) is 3.83. The van der Waals surface area contributed by atoms with Crippen molar-refractivity contribution in [2.24, 2.45) is 0 Å². The van der Waals surface area contributed by atoms with Crippen molar-refractivity contribution in [2.45, 2.75) is 12.5 Å². The van der Waals surface area contributed by atoms with Crippen LogP contribution in [0.2, 0.25) is 0 Å². The second-order valence-corrected chi connectivity index (χ2v) is 1.61. The minimum absolute atomic E-state index is 0.163. The summed E-state index contributed by atoms with van der Waals surface area (Å²) in [6.45, 7) is 0.176. The highest BCUT2D eigenvalue weighted by Crippen LogP contribution is 2.07. The zero-order valence-corrected chi connectivity index (χ0v) is 4.16. The molecule has 1 fully saturated rings. The molecule has 1 atom stereocenters. The predicted molar refractivity (Wildman–Crippen MR) is 23.1 cm³/mol. The van der Waals surface area contributed by atoms with Gasteiger partial charge in [-0.15, -0.1) is 0 Å². The third-order valence-corrected chi connectivity index (χ3v) is 0.974. The Morgan fingerprint density at radius 3 is 2.88 bits per heavy atom. The Hall–Kier alpha value is -0.610. The Bertz CT molecular complexity index is 100. The van der Waals surface area contributed by atoms with Crippen LogP contribution in [-0.2, 0) is 14.4 Å². The van der Waals surface area contributed by atoms with E-state index in [2.05, 4.69) is 9.62 Å². The summed E-state index contributed by atoms with van der Waals surface area (Å²) in [5, 5.41) is 7.95. The van der Waals surface area contributed by atoms with Crippen LogP contribution in [0.25, 0.3) is 0 Å². The lowest BCUT2D eigenvalue weighted by Crippen LogP contribution is -2.08. The van der Waals surface area contributed by atoms with Crippen molar-refractivity contribution in [3.63, 3.8) is 0 Å². The van der Waals surface area contributed by atoms with E-state index in [4.69, 9.17) is 5.26 Å². The fourth-order valence-corrected chi connectivity index (χ4v) is 0.557. The molecular formula is C4H6O4. The van der Waals surface area contributed by atoms with Gasteiger partial charge in [-0.25, -0.2) is 4.89 Å². The first-order valence-corrected chi connectivity index (χ1v) is 2.29. The van der Waals surface area contributed by atoms with E-state index in [1.165, 1.54) is 0 Å². The molecule has 1 unspecified atom stereocenters. The largest absolute Gasteiger partial charge is 0.463 e. The number of cyclic esters (lactones) is 1. The highest BCUT2D eigenvalue weighted by atomic mass is 17.1. The second-order valence-electron chi connectivity index (χ2n) is 1.61. The van der Waals surface area contributed by atoms with Crippen molar-refractivity contribution >= 4 is 5.97 Å². The van der Waals surface area contributed by atoms with E-state index in [0.717, 1.165) is 0 Å². The smallest absolute Gasteiger partial charge is 0.308 e. The maximum absolute atomic E-state index is 10.2. The maximum Gasteiger partial charge on any atom is 0.308 e. The molecule has 0 aliphatic carbocycles. The monoisotopic (exact) mass is 118 g/mol. The van der Waals surface area contributed by atoms with E-state index in [-0.39, 0.29) is 19.0 Å². The van der Waals surface area contributed by atoms with Gasteiger partial charge in [-0.3, -0.25) is 10.1 Å². The molecule has 1 N–H and O–H groups in total. The first kappa shape index (κ1) is 5.53. The van der Waals surface area contributed by atoms with Crippen LogP contribution in [0.3, 0.4) is 0 Å². The number of hydrogen-bond acceptors (Lipinski definition) is 4. The molecule has 0 saturated carbocycles. The van der Waals surface area contributed by atoms with E-state index in [9.17, 15) is 4.79 Å².